The molecule has 134 valence electrons. The molecule has 0 radical (unpaired) electrons. The molecule has 0 unspecified atom stereocenters. The first-order chi connectivity index (χ1) is 11.7. The fourth-order valence-electron chi connectivity index (χ4n) is 2.86. The van der Waals surface area contributed by atoms with Gasteiger partial charge in [-0.15, -0.1) is 0 Å². The summed E-state index contributed by atoms with van der Waals surface area (Å²) in [4.78, 5) is 4.20. The second-order valence-electron chi connectivity index (χ2n) is 6.47. The highest BCUT2D eigenvalue weighted by Crippen LogP contribution is 2.29. The van der Waals surface area contributed by atoms with Crippen LogP contribution in [-0.2, 0) is 5.92 Å². The Labute approximate surface area is 149 Å². The van der Waals surface area contributed by atoms with Crippen molar-refractivity contribution < 1.29 is 8.78 Å². The van der Waals surface area contributed by atoms with E-state index in [9.17, 15) is 8.78 Å². The van der Waals surface area contributed by atoms with Gasteiger partial charge in [0.25, 0.3) is 5.92 Å². The normalized spacial score (nSPS) is 18.5. The summed E-state index contributed by atoms with van der Waals surface area (Å²) in [5.41, 5.74) is 3.65. The van der Waals surface area contributed by atoms with Crippen LogP contribution < -0.4 is 0 Å². The standard InChI is InChI=1S/C21H26F2N2/c1-6-25-14-8-13-24(5)20(17(25)3)12-11-16(2)18-9-7-10-19(15-18)21(4,22)23/h6-7,9-12,15H,1,3,8,13-14H2,2,4-5H3/b16-11+,20-12+. The summed E-state index contributed by atoms with van der Waals surface area (Å²) >= 11 is 0. The molecule has 1 aromatic rings. The molecule has 1 aliphatic rings. The van der Waals surface area contributed by atoms with Gasteiger partial charge < -0.3 is 9.80 Å². The first-order valence-corrected chi connectivity index (χ1v) is 8.41. The van der Waals surface area contributed by atoms with Gasteiger partial charge in [0.1, 0.15) is 0 Å². The summed E-state index contributed by atoms with van der Waals surface area (Å²) < 4.78 is 27.1. The summed E-state index contributed by atoms with van der Waals surface area (Å²) in [6, 6.07) is 6.52. The lowest BCUT2D eigenvalue weighted by atomic mass is 10.0. The van der Waals surface area contributed by atoms with Gasteiger partial charge in [-0.3, -0.25) is 0 Å². The predicted octanol–water partition coefficient (Wildman–Crippen LogP) is 5.38. The highest BCUT2D eigenvalue weighted by atomic mass is 19.3. The third-order valence-corrected chi connectivity index (χ3v) is 4.48. The van der Waals surface area contributed by atoms with Crippen molar-refractivity contribution in [2.24, 2.45) is 0 Å². The molecule has 0 saturated carbocycles. The summed E-state index contributed by atoms with van der Waals surface area (Å²) in [6.45, 7) is 12.7. The first-order valence-electron chi connectivity index (χ1n) is 8.41. The number of halogens is 2. The van der Waals surface area contributed by atoms with Crippen LogP contribution >= 0.6 is 0 Å². The quantitative estimate of drug-likeness (QED) is 0.723. The molecular weight excluding hydrogens is 318 g/mol. The number of rotatable bonds is 4. The molecule has 1 heterocycles. The van der Waals surface area contributed by atoms with E-state index in [0.717, 1.165) is 49.0 Å². The maximum absolute atomic E-state index is 13.5. The van der Waals surface area contributed by atoms with Gasteiger partial charge in [0.15, 0.2) is 0 Å². The Hall–Kier alpha value is -2.36. The van der Waals surface area contributed by atoms with Crippen molar-refractivity contribution in [1.82, 2.24) is 9.80 Å². The van der Waals surface area contributed by atoms with Crippen molar-refractivity contribution in [2.45, 2.75) is 26.2 Å². The van der Waals surface area contributed by atoms with Gasteiger partial charge in [-0.2, -0.15) is 0 Å². The minimum atomic E-state index is -2.84. The molecule has 25 heavy (non-hydrogen) atoms. The van der Waals surface area contributed by atoms with Gasteiger partial charge in [0, 0.05) is 32.6 Å². The average Bonchev–Trinajstić information content (AvgIpc) is 2.70. The zero-order valence-electron chi connectivity index (χ0n) is 15.2. The molecule has 2 nitrogen and oxygen atoms in total. The van der Waals surface area contributed by atoms with Gasteiger partial charge in [-0.05, 0) is 42.8 Å². The number of hydrogen-bond acceptors (Lipinski definition) is 2. The van der Waals surface area contributed by atoms with Crippen LogP contribution in [0.15, 0.2) is 67.2 Å². The van der Waals surface area contributed by atoms with E-state index in [1.165, 1.54) is 6.07 Å². The monoisotopic (exact) mass is 344 g/mol. The SMILES string of the molecule is C=CN1CCCN(C)/C(=C/C=C(\C)c2cccc(C(C)(F)F)c2)C1=C. The van der Waals surface area contributed by atoms with E-state index in [2.05, 4.69) is 18.1 Å². The highest BCUT2D eigenvalue weighted by molar-refractivity contribution is 5.66. The van der Waals surface area contributed by atoms with E-state index < -0.39 is 5.92 Å². The Morgan fingerprint density at radius 1 is 1.28 bits per heavy atom. The highest BCUT2D eigenvalue weighted by Gasteiger charge is 2.24. The molecule has 1 saturated heterocycles. The van der Waals surface area contributed by atoms with Gasteiger partial charge in [-0.1, -0.05) is 37.4 Å². The van der Waals surface area contributed by atoms with Crippen molar-refractivity contribution >= 4 is 5.57 Å². The lowest BCUT2D eigenvalue weighted by molar-refractivity contribution is 0.0174. The number of allylic oxidation sites excluding steroid dienone is 3. The molecule has 1 fully saturated rings. The number of hydrogen-bond donors (Lipinski definition) is 0. The third-order valence-electron chi connectivity index (χ3n) is 4.48. The fraction of sp³-hybridized carbons (Fsp3) is 0.333. The first kappa shape index (κ1) is 19.0. The lowest BCUT2D eigenvalue weighted by Gasteiger charge is -2.24. The Kier molecular flexibility index (Phi) is 5.83. The van der Waals surface area contributed by atoms with Crippen LogP contribution in [-0.4, -0.2) is 29.9 Å². The van der Waals surface area contributed by atoms with E-state index in [1.807, 2.05) is 37.1 Å². The van der Waals surface area contributed by atoms with Crippen molar-refractivity contribution in [3.8, 4) is 0 Å². The molecule has 1 aromatic carbocycles. The molecule has 0 amide bonds. The molecule has 0 bridgehead atoms. The van der Waals surface area contributed by atoms with E-state index in [1.54, 1.807) is 18.3 Å². The second kappa shape index (κ2) is 7.68. The maximum atomic E-state index is 13.5. The van der Waals surface area contributed by atoms with Gasteiger partial charge in [0.05, 0.1) is 11.4 Å². The summed E-state index contributed by atoms with van der Waals surface area (Å²) in [7, 11) is 2.03. The molecule has 1 aliphatic heterocycles. The Balaban J connectivity index is 2.33. The Bertz CT molecular complexity index is 711. The average molecular weight is 344 g/mol. The van der Waals surface area contributed by atoms with Crippen LogP contribution in [0, 0.1) is 0 Å². The summed E-state index contributed by atoms with van der Waals surface area (Å²) in [5, 5.41) is 0. The lowest BCUT2D eigenvalue weighted by Crippen LogP contribution is -2.20. The largest absolute Gasteiger partial charge is 0.373 e. The van der Waals surface area contributed by atoms with Crippen LogP contribution in [0.2, 0.25) is 0 Å². The van der Waals surface area contributed by atoms with E-state index in [0.29, 0.717) is 0 Å². The smallest absolute Gasteiger partial charge is 0.270 e. The zero-order valence-corrected chi connectivity index (χ0v) is 15.2. The summed E-state index contributed by atoms with van der Waals surface area (Å²) in [5.74, 6) is -2.84. The topological polar surface area (TPSA) is 6.48 Å². The van der Waals surface area contributed by atoms with Crippen molar-refractivity contribution in [2.75, 3.05) is 20.1 Å². The molecule has 0 atom stereocenters. The molecule has 2 rings (SSSR count). The van der Waals surface area contributed by atoms with E-state index in [4.69, 9.17) is 0 Å². The number of likely N-dealkylation sites (N-methyl/N-ethyl adjacent to an activating group) is 1. The van der Waals surface area contributed by atoms with Crippen LogP contribution in [0.4, 0.5) is 8.78 Å². The molecule has 0 N–H and O–H groups in total. The Morgan fingerprint density at radius 2 is 2.00 bits per heavy atom. The molecular formula is C21H26F2N2. The van der Waals surface area contributed by atoms with Crippen LogP contribution in [0.3, 0.4) is 0 Å². The van der Waals surface area contributed by atoms with Gasteiger partial charge in [0.2, 0.25) is 0 Å². The van der Waals surface area contributed by atoms with Gasteiger partial charge in [-0.25, -0.2) is 8.78 Å². The van der Waals surface area contributed by atoms with Gasteiger partial charge >= 0.3 is 0 Å². The van der Waals surface area contributed by atoms with Crippen molar-refractivity contribution in [1.29, 1.82) is 0 Å². The number of benzene rings is 1. The predicted molar refractivity (Wildman–Crippen MR) is 101 cm³/mol. The van der Waals surface area contributed by atoms with Crippen molar-refractivity contribution in [3.63, 3.8) is 0 Å². The van der Waals surface area contributed by atoms with Crippen molar-refractivity contribution in [3.05, 3.63) is 78.3 Å². The van der Waals surface area contributed by atoms with Crippen LogP contribution in [0.1, 0.15) is 31.4 Å². The molecule has 0 spiro atoms. The maximum Gasteiger partial charge on any atom is 0.270 e. The third kappa shape index (κ3) is 4.59. The van der Waals surface area contributed by atoms with Crippen LogP contribution in [0.25, 0.3) is 5.57 Å². The van der Waals surface area contributed by atoms with Crippen LogP contribution in [0.5, 0.6) is 0 Å². The number of nitrogens with zero attached hydrogens (tertiary/aromatic N) is 2. The Morgan fingerprint density at radius 3 is 2.64 bits per heavy atom. The molecule has 0 aromatic heterocycles. The molecule has 0 aliphatic carbocycles. The summed E-state index contributed by atoms with van der Waals surface area (Å²) in [6.07, 6.45) is 6.76. The minimum Gasteiger partial charge on any atom is -0.373 e. The second-order valence-corrected chi connectivity index (χ2v) is 6.47. The van der Waals surface area contributed by atoms with E-state index in [-0.39, 0.29) is 5.56 Å². The number of alkyl halides is 2. The fourth-order valence-corrected chi connectivity index (χ4v) is 2.86. The molecule has 4 heteroatoms. The zero-order chi connectivity index (χ0) is 18.6. The van der Waals surface area contributed by atoms with E-state index >= 15 is 0 Å². The minimum absolute atomic E-state index is 0.0271.